The maximum atomic E-state index is 13.8. The minimum atomic E-state index is -2.40. The Balaban J connectivity index is 1.41. The van der Waals surface area contributed by atoms with Gasteiger partial charge in [-0.3, -0.25) is 4.79 Å². The largest absolute Gasteiger partial charge is 0.394 e. The van der Waals surface area contributed by atoms with Crippen LogP contribution in [0.15, 0.2) is 147 Å². The molecule has 0 aromatic heterocycles. The first-order valence-corrected chi connectivity index (χ1v) is 21.8. The predicted octanol–water partition coefficient (Wildman–Crippen LogP) is 7.42. The third-order valence-corrected chi connectivity index (χ3v) is 10.8. The Hall–Kier alpha value is -3.70. The van der Waals surface area contributed by atoms with E-state index < -0.39 is 77.7 Å². The van der Waals surface area contributed by atoms with Crippen molar-refractivity contribution >= 4 is 40.7 Å². The van der Waals surface area contributed by atoms with E-state index in [4.69, 9.17) is 77.4 Å². The maximum absolute atomic E-state index is 13.8. The van der Waals surface area contributed by atoms with Crippen LogP contribution in [0.25, 0.3) is 0 Å². The zero-order valence-electron chi connectivity index (χ0n) is 34.7. The number of aliphatic hydroxyl groups excluding tert-OH is 1. The summed E-state index contributed by atoms with van der Waals surface area (Å²) in [6.07, 6.45) is -6.13. The number of aliphatic hydroxyl groups is 1. The van der Waals surface area contributed by atoms with Gasteiger partial charge in [-0.1, -0.05) is 168 Å². The van der Waals surface area contributed by atoms with Crippen molar-refractivity contribution < 1.29 is 52.5 Å². The number of carbonyl (C=O) groups is 1. The molecular weight excluding hydrogens is 873 g/mol. The molecule has 338 valence electrons. The monoisotopic (exact) mass is 925 g/mol. The van der Waals surface area contributed by atoms with Crippen molar-refractivity contribution in [1.29, 1.82) is 0 Å². The molecule has 4 aromatic carbocycles. The fraction of sp³-hybridized carbons (Fsp3) is 0.396. The first-order chi connectivity index (χ1) is 30.7. The van der Waals surface area contributed by atoms with E-state index in [-0.39, 0.29) is 46.2 Å². The third-order valence-electron chi connectivity index (χ3n) is 10.3. The highest BCUT2D eigenvalue weighted by Gasteiger charge is 2.55. The number of nitrogens with one attached hydrogen (secondary N) is 1. The van der Waals surface area contributed by atoms with Crippen molar-refractivity contribution in [3.8, 4) is 0 Å². The molecule has 2 saturated heterocycles. The summed E-state index contributed by atoms with van der Waals surface area (Å²) >= 11 is 18.6. The Morgan fingerprint density at radius 3 is 1.54 bits per heavy atom. The van der Waals surface area contributed by atoms with E-state index in [1.807, 2.05) is 121 Å². The number of ether oxygens (including phenoxy) is 9. The van der Waals surface area contributed by atoms with Gasteiger partial charge < -0.3 is 53.1 Å². The van der Waals surface area contributed by atoms with Crippen LogP contribution in [0, 0.1) is 0 Å². The number of alkyl halides is 3. The summed E-state index contributed by atoms with van der Waals surface area (Å²) in [4.78, 5) is 13.8. The Labute approximate surface area is 383 Å². The lowest BCUT2D eigenvalue weighted by Gasteiger charge is -2.50. The second kappa shape index (κ2) is 25.1. The zero-order chi connectivity index (χ0) is 44.4. The normalized spacial score (nSPS) is 26.2. The van der Waals surface area contributed by atoms with Gasteiger partial charge in [0.15, 0.2) is 12.6 Å². The van der Waals surface area contributed by atoms with Gasteiger partial charge >= 0.3 is 0 Å². The second-order valence-corrected chi connectivity index (χ2v) is 17.1. The molecular formula is C48H54Cl3NO11. The average molecular weight is 927 g/mol. The Morgan fingerprint density at radius 2 is 1.05 bits per heavy atom. The summed E-state index contributed by atoms with van der Waals surface area (Å²) in [6, 6.07) is 37.1. The van der Waals surface area contributed by atoms with Gasteiger partial charge in [0, 0.05) is 0 Å². The number of hydrogen-bond donors (Lipinski definition) is 2. The van der Waals surface area contributed by atoms with Gasteiger partial charge in [0.1, 0.15) is 48.8 Å². The molecule has 63 heavy (non-hydrogen) atoms. The molecule has 10 atom stereocenters. The van der Waals surface area contributed by atoms with Crippen LogP contribution < -0.4 is 5.32 Å². The van der Waals surface area contributed by atoms with Crippen molar-refractivity contribution in [1.82, 2.24) is 5.32 Å². The van der Waals surface area contributed by atoms with Crippen LogP contribution in [0.3, 0.4) is 0 Å². The molecule has 0 bridgehead atoms. The number of hydrogen-bond acceptors (Lipinski definition) is 11. The summed E-state index contributed by atoms with van der Waals surface area (Å²) in [5.74, 6) is -0.968. The fourth-order valence-electron chi connectivity index (χ4n) is 7.29. The molecule has 0 aliphatic carbocycles. The molecule has 2 aliphatic heterocycles. The third kappa shape index (κ3) is 14.4. The molecule has 6 rings (SSSR count). The minimum absolute atomic E-state index is 0.00555. The molecule has 12 nitrogen and oxygen atoms in total. The highest BCUT2D eigenvalue weighted by molar-refractivity contribution is 6.76. The van der Waals surface area contributed by atoms with Gasteiger partial charge in [0.05, 0.1) is 52.9 Å². The zero-order valence-corrected chi connectivity index (χ0v) is 37.0. The first kappa shape index (κ1) is 48.7. The standard InChI is InChI=1S/C48H54Cl3NO11/c1-3-25-56-44-43(60-31-36-23-15-8-16-24-36)41(37(27-53)61-46(44)57-26-4-2)63-45-39(52-47(54)48(49,50)51)42(59-30-35-21-13-7-14-22-35)40(58-29-34-19-11-6-12-20-34)38(62-45)32-55-28-33-17-9-5-10-18-33/h3-24,37-46,53H,1-2,25-32H2,(H,52,54)/t37-,38-,39-,40+,41-,42-,43+,44+,45+,46+/m1/s1. The van der Waals surface area contributed by atoms with Crippen LogP contribution >= 0.6 is 34.8 Å². The molecule has 2 N–H and O–H groups in total. The van der Waals surface area contributed by atoms with Gasteiger partial charge in [0.2, 0.25) is 0 Å². The van der Waals surface area contributed by atoms with Gasteiger partial charge in [-0.15, -0.1) is 13.2 Å². The van der Waals surface area contributed by atoms with Gasteiger partial charge in [-0.2, -0.15) is 0 Å². The number of amides is 1. The van der Waals surface area contributed by atoms with Crippen LogP contribution in [-0.2, 0) is 73.9 Å². The second-order valence-electron chi connectivity index (χ2n) is 14.9. The average Bonchev–Trinajstić information content (AvgIpc) is 3.30. The van der Waals surface area contributed by atoms with Crippen LogP contribution in [0.5, 0.6) is 0 Å². The Morgan fingerprint density at radius 1 is 0.587 bits per heavy atom. The highest BCUT2D eigenvalue weighted by Crippen LogP contribution is 2.36. The maximum Gasteiger partial charge on any atom is 0.272 e. The van der Waals surface area contributed by atoms with Crippen LogP contribution in [0.4, 0.5) is 0 Å². The van der Waals surface area contributed by atoms with E-state index in [1.54, 1.807) is 12.2 Å². The molecule has 15 heteroatoms. The van der Waals surface area contributed by atoms with Gasteiger partial charge in [-0.05, 0) is 22.3 Å². The lowest BCUT2D eigenvalue weighted by atomic mass is 9.94. The summed E-state index contributed by atoms with van der Waals surface area (Å²) in [6.45, 7) is 7.92. The van der Waals surface area contributed by atoms with E-state index in [2.05, 4.69) is 18.5 Å². The van der Waals surface area contributed by atoms with E-state index >= 15 is 0 Å². The predicted molar refractivity (Wildman–Crippen MR) is 239 cm³/mol. The number of carbonyl (C=O) groups excluding carboxylic acids is 1. The molecule has 2 fully saturated rings. The summed E-state index contributed by atoms with van der Waals surface area (Å²) in [5.41, 5.74) is 3.52. The molecule has 2 heterocycles. The molecule has 0 saturated carbocycles. The quantitative estimate of drug-likeness (QED) is 0.0570. The fourth-order valence-corrected chi connectivity index (χ4v) is 7.46. The molecule has 0 unspecified atom stereocenters. The van der Waals surface area contributed by atoms with Crippen molar-refractivity contribution in [2.45, 2.75) is 91.6 Å². The molecule has 0 spiro atoms. The minimum Gasteiger partial charge on any atom is -0.394 e. The van der Waals surface area contributed by atoms with E-state index in [0.717, 1.165) is 22.3 Å². The van der Waals surface area contributed by atoms with Gasteiger partial charge in [0.25, 0.3) is 9.70 Å². The molecule has 0 radical (unpaired) electrons. The highest BCUT2D eigenvalue weighted by atomic mass is 35.6. The molecule has 1 amide bonds. The number of rotatable bonds is 23. The SMILES string of the molecule is C=CCO[C@H]1O[C@H](CO)[C@@H](O[C@@H]2O[C@H](COCc3ccccc3)[C@H](OCc3ccccc3)[C@H](OCc3ccccc3)[C@H]2NC(=O)C(Cl)(Cl)Cl)[C@H](OCc2ccccc2)[C@@H]1OCC=C. The Kier molecular flexibility index (Phi) is 19.4. The van der Waals surface area contributed by atoms with Crippen molar-refractivity contribution in [2.75, 3.05) is 26.4 Å². The van der Waals surface area contributed by atoms with Crippen molar-refractivity contribution in [2.24, 2.45) is 0 Å². The van der Waals surface area contributed by atoms with Crippen LogP contribution in [0.1, 0.15) is 22.3 Å². The van der Waals surface area contributed by atoms with E-state index in [1.165, 1.54) is 0 Å². The Bertz CT molecular complexity index is 1950. The summed E-state index contributed by atoms with van der Waals surface area (Å²) in [7, 11) is 0. The first-order valence-electron chi connectivity index (χ1n) is 20.7. The van der Waals surface area contributed by atoms with Crippen molar-refractivity contribution in [3.63, 3.8) is 0 Å². The summed E-state index contributed by atoms with van der Waals surface area (Å²) < 4.78 is 56.6. The van der Waals surface area contributed by atoms with E-state index in [9.17, 15) is 9.90 Å². The number of benzene rings is 4. The van der Waals surface area contributed by atoms with E-state index in [0.29, 0.717) is 0 Å². The van der Waals surface area contributed by atoms with Crippen LogP contribution in [0.2, 0.25) is 0 Å². The molecule has 4 aromatic rings. The van der Waals surface area contributed by atoms with Gasteiger partial charge in [-0.25, -0.2) is 0 Å². The molecule has 2 aliphatic rings. The summed E-state index contributed by atoms with van der Waals surface area (Å²) in [5, 5.41) is 13.8. The lowest BCUT2D eigenvalue weighted by Crippen LogP contribution is -2.69. The van der Waals surface area contributed by atoms with Crippen LogP contribution in [-0.4, -0.2) is 103 Å². The topological polar surface area (TPSA) is 132 Å². The number of halogens is 3. The lowest BCUT2D eigenvalue weighted by molar-refractivity contribution is -0.358. The van der Waals surface area contributed by atoms with Crippen molar-refractivity contribution in [3.05, 3.63) is 169 Å². The smallest absolute Gasteiger partial charge is 0.272 e.